The first kappa shape index (κ1) is 20.4. The number of hydrogen-bond donors (Lipinski definition) is 1. The molecule has 4 heteroatoms. The van der Waals surface area contributed by atoms with Gasteiger partial charge in [0.2, 0.25) is 5.91 Å². The van der Waals surface area contributed by atoms with Gasteiger partial charge < -0.3 is 10.1 Å². The molecule has 154 valence electrons. The summed E-state index contributed by atoms with van der Waals surface area (Å²) in [5, 5.41) is 2.94. The molecule has 1 N–H and O–H groups in total. The van der Waals surface area contributed by atoms with Crippen LogP contribution in [0.2, 0.25) is 0 Å². The van der Waals surface area contributed by atoms with E-state index >= 15 is 0 Å². The van der Waals surface area contributed by atoms with Crippen LogP contribution in [-0.4, -0.2) is 10.9 Å². The molecule has 0 fully saturated rings. The Balaban J connectivity index is 1.48. The second kappa shape index (κ2) is 10.2. The van der Waals surface area contributed by atoms with Gasteiger partial charge in [0, 0.05) is 18.5 Å². The predicted molar refractivity (Wildman–Crippen MR) is 123 cm³/mol. The lowest BCUT2D eigenvalue weighted by molar-refractivity contribution is -0.116. The SMILES string of the molecule is O=C(CC(c1ccccc1)c1ccccc1)Nc1ncccc1OCc1ccccc1. The normalized spacial score (nSPS) is 10.6. The number of ether oxygens (including phenoxy) is 1. The fraction of sp³-hybridized carbons (Fsp3) is 0.111. The first-order valence-electron chi connectivity index (χ1n) is 10.3. The first-order chi connectivity index (χ1) is 15.3. The number of hydrogen-bond acceptors (Lipinski definition) is 3. The predicted octanol–water partition coefficient (Wildman–Crippen LogP) is 5.82. The van der Waals surface area contributed by atoms with Crippen molar-refractivity contribution in [3.8, 4) is 5.75 Å². The third kappa shape index (κ3) is 5.58. The van der Waals surface area contributed by atoms with Crippen LogP contribution >= 0.6 is 0 Å². The minimum atomic E-state index is -0.110. The van der Waals surface area contributed by atoms with E-state index in [2.05, 4.69) is 34.6 Å². The van der Waals surface area contributed by atoms with E-state index in [4.69, 9.17) is 4.74 Å². The van der Waals surface area contributed by atoms with Crippen LogP contribution in [0, 0.1) is 0 Å². The zero-order valence-corrected chi connectivity index (χ0v) is 17.1. The van der Waals surface area contributed by atoms with Crippen LogP contribution in [0.5, 0.6) is 5.75 Å². The Morgan fingerprint density at radius 2 is 1.35 bits per heavy atom. The second-order valence-electron chi connectivity index (χ2n) is 7.25. The molecule has 0 aliphatic carbocycles. The fourth-order valence-electron chi connectivity index (χ4n) is 3.50. The molecule has 3 aromatic carbocycles. The summed E-state index contributed by atoms with van der Waals surface area (Å²) in [6.07, 6.45) is 1.96. The number of nitrogens with one attached hydrogen (secondary N) is 1. The van der Waals surface area contributed by atoms with Crippen molar-refractivity contribution in [1.29, 1.82) is 0 Å². The van der Waals surface area contributed by atoms with Gasteiger partial charge in [0.15, 0.2) is 11.6 Å². The summed E-state index contributed by atoms with van der Waals surface area (Å²) in [6, 6.07) is 33.7. The van der Waals surface area contributed by atoms with E-state index < -0.39 is 0 Å². The summed E-state index contributed by atoms with van der Waals surface area (Å²) in [4.78, 5) is 17.3. The van der Waals surface area contributed by atoms with Crippen molar-refractivity contribution in [3.63, 3.8) is 0 Å². The molecule has 0 bridgehead atoms. The fourth-order valence-corrected chi connectivity index (χ4v) is 3.50. The van der Waals surface area contributed by atoms with Gasteiger partial charge in [0.1, 0.15) is 6.61 Å². The number of rotatable bonds is 8. The van der Waals surface area contributed by atoms with Crippen LogP contribution in [-0.2, 0) is 11.4 Å². The minimum Gasteiger partial charge on any atom is -0.485 e. The molecular weight excluding hydrogens is 384 g/mol. The number of benzene rings is 3. The van der Waals surface area contributed by atoms with Crippen molar-refractivity contribution in [2.75, 3.05) is 5.32 Å². The van der Waals surface area contributed by atoms with Gasteiger partial charge in [0.25, 0.3) is 0 Å². The van der Waals surface area contributed by atoms with E-state index in [1.165, 1.54) is 0 Å². The van der Waals surface area contributed by atoms with Gasteiger partial charge >= 0.3 is 0 Å². The lowest BCUT2D eigenvalue weighted by atomic mass is 9.88. The van der Waals surface area contributed by atoms with Crippen molar-refractivity contribution < 1.29 is 9.53 Å². The Hall–Kier alpha value is -3.92. The van der Waals surface area contributed by atoms with Crippen molar-refractivity contribution in [2.24, 2.45) is 0 Å². The maximum Gasteiger partial charge on any atom is 0.226 e. The molecule has 1 aromatic heterocycles. The molecule has 0 saturated carbocycles. The topological polar surface area (TPSA) is 51.2 Å². The molecule has 0 aliphatic heterocycles. The summed E-state index contributed by atoms with van der Waals surface area (Å²) >= 11 is 0. The smallest absolute Gasteiger partial charge is 0.226 e. The Labute approximate surface area is 182 Å². The average molecular weight is 409 g/mol. The van der Waals surface area contributed by atoms with E-state index in [-0.39, 0.29) is 11.8 Å². The van der Waals surface area contributed by atoms with E-state index in [9.17, 15) is 4.79 Å². The molecular formula is C27H24N2O2. The second-order valence-corrected chi connectivity index (χ2v) is 7.25. The minimum absolute atomic E-state index is 0.0419. The zero-order chi connectivity index (χ0) is 21.3. The standard InChI is InChI=1S/C27H24N2O2/c30-26(19-24(22-13-6-2-7-14-22)23-15-8-3-9-16-23)29-27-25(17-10-18-28-27)31-20-21-11-4-1-5-12-21/h1-18,24H,19-20H2,(H,28,29,30). The monoisotopic (exact) mass is 408 g/mol. The molecule has 0 saturated heterocycles. The highest BCUT2D eigenvalue weighted by atomic mass is 16.5. The number of nitrogens with zero attached hydrogens (tertiary/aromatic N) is 1. The first-order valence-corrected chi connectivity index (χ1v) is 10.3. The number of carbonyl (C=O) groups is 1. The molecule has 0 spiro atoms. The highest BCUT2D eigenvalue weighted by Gasteiger charge is 2.19. The van der Waals surface area contributed by atoms with Crippen molar-refractivity contribution >= 4 is 11.7 Å². The van der Waals surface area contributed by atoms with Gasteiger partial charge in [-0.3, -0.25) is 4.79 Å². The molecule has 4 rings (SSSR count). The van der Waals surface area contributed by atoms with Crippen LogP contribution < -0.4 is 10.1 Å². The maximum absolute atomic E-state index is 13.0. The highest BCUT2D eigenvalue weighted by molar-refractivity contribution is 5.92. The van der Waals surface area contributed by atoms with Crippen LogP contribution in [0.15, 0.2) is 109 Å². The van der Waals surface area contributed by atoms with E-state index in [1.807, 2.05) is 72.8 Å². The Bertz CT molecular complexity index is 1060. The summed E-state index contributed by atoms with van der Waals surface area (Å²) < 4.78 is 5.92. The number of carbonyl (C=O) groups excluding carboxylic acids is 1. The number of aromatic nitrogens is 1. The Kier molecular flexibility index (Phi) is 6.71. The molecule has 4 nitrogen and oxygen atoms in total. The Morgan fingerprint density at radius 1 is 0.774 bits per heavy atom. The van der Waals surface area contributed by atoms with Crippen LogP contribution in [0.3, 0.4) is 0 Å². The van der Waals surface area contributed by atoms with E-state index in [1.54, 1.807) is 12.3 Å². The summed E-state index contributed by atoms with van der Waals surface area (Å²) in [6.45, 7) is 0.409. The largest absolute Gasteiger partial charge is 0.485 e. The van der Waals surface area contributed by atoms with Crippen molar-refractivity contribution in [2.45, 2.75) is 18.9 Å². The van der Waals surface area contributed by atoms with Crippen LogP contribution in [0.1, 0.15) is 29.0 Å². The average Bonchev–Trinajstić information content (AvgIpc) is 2.84. The van der Waals surface area contributed by atoms with Gasteiger partial charge in [-0.1, -0.05) is 91.0 Å². The van der Waals surface area contributed by atoms with Crippen LogP contribution in [0.25, 0.3) is 0 Å². The summed E-state index contributed by atoms with van der Waals surface area (Å²) in [5.74, 6) is 0.833. The van der Waals surface area contributed by atoms with Gasteiger partial charge in [0.05, 0.1) is 0 Å². The van der Waals surface area contributed by atoms with Gasteiger partial charge in [-0.25, -0.2) is 4.98 Å². The summed E-state index contributed by atoms with van der Waals surface area (Å²) in [5.41, 5.74) is 3.26. The van der Waals surface area contributed by atoms with E-state index in [0.717, 1.165) is 16.7 Å². The zero-order valence-electron chi connectivity index (χ0n) is 17.1. The van der Waals surface area contributed by atoms with Crippen molar-refractivity contribution in [3.05, 3.63) is 126 Å². The molecule has 0 unspecified atom stereocenters. The molecule has 0 atom stereocenters. The lowest BCUT2D eigenvalue weighted by Crippen LogP contribution is -2.18. The number of amides is 1. The Morgan fingerprint density at radius 3 is 1.97 bits per heavy atom. The molecule has 31 heavy (non-hydrogen) atoms. The number of pyridine rings is 1. The molecule has 1 heterocycles. The molecule has 4 aromatic rings. The number of anilines is 1. The highest BCUT2D eigenvalue weighted by Crippen LogP contribution is 2.29. The summed E-state index contributed by atoms with van der Waals surface area (Å²) in [7, 11) is 0. The van der Waals surface area contributed by atoms with Crippen molar-refractivity contribution in [1.82, 2.24) is 4.98 Å². The quantitative estimate of drug-likeness (QED) is 0.400. The molecule has 1 amide bonds. The molecule has 0 aliphatic rings. The lowest BCUT2D eigenvalue weighted by Gasteiger charge is -2.18. The van der Waals surface area contributed by atoms with Gasteiger partial charge in [-0.15, -0.1) is 0 Å². The maximum atomic E-state index is 13.0. The third-order valence-electron chi connectivity index (χ3n) is 5.06. The van der Waals surface area contributed by atoms with Gasteiger partial charge in [-0.2, -0.15) is 0 Å². The van der Waals surface area contributed by atoms with Crippen LogP contribution in [0.4, 0.5) is 5.82 Å². The van der Waals surface area contributed by atoms with E-state index in [0.29, 0.717) is 24.6 Å². The molecule has 0 radical (unpaired) electrons. The van der Waals surface area contributed by atoms with Gasteiger partial charge in [-0.05, 0) is 28.8 Å². The third-order valence-corrected chi connectivity index (χ3v) is 5.06.